The average Bonchev–Trinajstić information content (AvgIpc) is 2.13. The van der Waals surface area contributed by atoms with E-state index in [2.05, 4.69) is 5.32 Å². The molecule has 0 bridgehead atoms. The first-order valence-electron chi connectivity index (χ1n) is 5.38. The van der Waals surface area contributed by atoms with Gasteiger partial charge in [-0.3, -0.25) is 4.79 Å². The third-order valence-corrected chi connectivity index (χ3v) is 3.34. The van der Waals surface area contributed by atoms with E-state index in [4.69, 9.17) is 0 Å². The zero-order chi connectivity index (χ0) is 12.8. The monoisotopic (exact) mass is 250 g/mol. The van der Waals surface area contributed by atoms with Gasteiger partial charge in [-0.15, -0.1) is 0 Å². The molecule has 0 aromatic heterocycles. The van der Waals surface area contributed by atoms with Gasteiger partial charge in [-0.1, -0.05) is 0 Å². The van der Waals surface area contributed by atoms with E-state index in [1.165, 1.54) is 6.26 Å². The quantitative estimate of drug-likeness (QED) is 0.640. The van der Waals surface area contributed by atoms with E-state index < -0.39 is 9.84 Å². The maximum atomic E-state index is 11.5. The number of amides is 1. The second kappa shape index (κ2) is 6.85. The van der Waals surface area contributed by atoms with Crippen molar-refractivity contribution in [1.29, 1.82) is 0 Å². The fourth-order valence-electron chi connectivity index (χ4n) is 1.07. The molecule has 5 nitrogen and oxygen atoms in total. The normalized spacial score (nSPS) is 11.8. The number of carbonyl (C=O) groups is 1. The molecule has 0 unspecified atom stereocenters. The van der Waals surface area contributed by atoms with Gasteiger partial charge in [0, 0.05) is 19.3 Å². The van der Waals surface area contributed by atoms with Crippen LogP contribution in [0.5, 0.6) is 0 Å². The standard InChI is InChI=1S/C10H22N2O3S/c1-9(2)12(3)10(13)8-11-6-5-7-16(4,14)15/h9,11H,5-8H2,1-4H3. The third-order valence-electron chi connectivity index (χ3n) is 2.31. The zero-order valence-corrected chi connectivity index (χ0v) is 11.3. The van der Waals surface area contributed by atoms with Gasteiger partial charge in [0.1, 0.15) is 9.84 Å². The van der Waals surface area contributed by atoms with Crippen molar-refractivity contribution >= 4 is 15.7 Å². The molecule has 0 atom stereocenters. The summed E-state index contributed by atoms with van der Waals surface area (Å²) in [6, 6.07) is 0.185. The Morgan fingerprint density at radius 3 is 2.38 bits per heavy atom. The molecule has 0 aliphatic carbocycles. The minimum atomic E-state index is -2.89. The lowest BCUT2D eigenvalue weighted by Gasteiger charge is -2.21. The number of carbonyl (C=O) groups excluding carboxylic acids is 1. The van der Waals surface area contributed by atoms with Crippen LogP contribution in [0.4, 0.5) is 0 Å². The highest BCUT2D eigenvalue weighted by atomic mass is 32.2. The summed E-state index contributed by atoms with van der Waals surface area (Å²) in [6.45, 7) is 4.70. The minimum absolute atomic E-state index is 0.0226. The van der Waals surface area contributed by atoms with E-state index in [0.717, 1.165) is 0 Å². The maximum absolute atomic E-state index is 11.5. The summed E-state index contributed by atoms with van der Waals surface area (Å²) >= 11 is 0. The van der Waals surface area contributed by atoms with Crippen LogP contribution in [0.3, 0.4) is 0 Å². The van der Waals surface area contributed by atoms with E-state index in [0.29, 0.717) is 13.0 Å². The van der Waals surface area contributed by atoms with Crippen LogP contribution in [0.2, 0.25) is 0 Å². The van der Waals surface area contributed by atoms with E-state index in [9.17, 15) is 13.2 Å². The second-order valence-electron chi connectivity index (χ2n) is 4.26. The number of nitrogens with zero attached hydrogens (tertiary/aromatic N) is 1. The van der Waals surface area contributed by atoms with Gasteiger partial charge in [-0.05, 0) is 26.8 Å². The molecule has 0 aliphatic heterocycles. The van der Waals surface area contributed by atoms with E-state index in [-0.39, 0.29) is 24.2 Å². The number of nitrogens with one attached hydrogen (secondary N) is 1. The highest BCUT2D eigenvalue weighted by molar-refractivity contribution is 7.90. The van der Waals surface area contributed by atoms with Gasteiger partial charge >= 0.3 is 0 Å². The fraction of sp³-hybridized carbons (Fsp3) is 0.900. The summed E-state index contributed by atoms with van der Waals surface area (Å²) in [4.78, 5) is 13.1. The summed E-state index contributed by atoms with van der Waals surface area (Å²) in [5.74, 6) is 0.183. The highest BCUT2D eigenvalue weighted by Gasteiger charge is 2.10. The van der Waals surface area contributed by atoms with Crippen molar-refractivity contribution in [3.8, 4) is 0 Å². The highest BCUT2D eigenvalue weighted by Crippen LogP contribution is 1.93. The van der Waals surface area contributed by atoms with Crippen molar-refractivity contribution < 1.29 is 13.2 Å². The molecule has 0 radical (unpaired) electrons. The molecule has 0 saturated heterocycles. The average molecular weight is 250 g/mol. The van der Waals surface area contributed by atoms with Crippen molar-refractivity contribution in [2.45, 2.75) is 26.3 Å². The summed E-state index contributed by atoms with van der Waals surface area (Å²) in [5.41, 5.74) is 0. The molecule has 0 aromatic carbocycles. The summed E-state index contributed by atoms with van der Waals surface area (Å²) in [7, 11) is -1.13. The van der Waals surface area contributed by atoms with Gasteiger partial charge < -0.3 is 10.2 Å². The van der Waals surface area contributed by atoms with Crippen LogP contribution < -0.4 is 5.32 Å². The first-order valence-corrected chi connectivity index (χ1v) is 7.44. The van der Waals surface area contributed by atoms with Crippen LogP contribution >= 0.6 is 0 Å². The molecule has 0 fully saturated rings. The summed E-state index contributed by atoms with van der Waals surface area (Å²) < 4.78 is 21.6. The zero-order valence-electron chi connectivity index (χ0n) is 10.5. The molecular weight excluding hydrogens is 228 g/mol. The Labute approximate surface area is 98.1 Å². The van der Waals surface area contributed by atoms with Crippen molar-refractivity contribution in [2.75, 3.05) is 32.1 Å². The SMILES string of the molecule is CC(C)N(C)C(=O)CNCCCS(C)(=O)=O. The number of rotatable bonds is 7. The molecule has 1 amide bonds. The van der Waals surface area contributed by atoms with E-state index in [1.807, 2.05) is 13.8 Å². The first-order chi connectivity index (χ1) is 7.24. The molecule has 96 valence electrons. The van der Waals surface area contributed by atoms with E-state index >= 15 is 0 Å². The minimum Gasteiger partial charge on any atom is -0.342 e. The topological polar surface area (TPSA) is 66.5 Å². The smallest absolute Gasteiger partial charge is 0.236 e. The number of sulfone groups is 1. The summed E-state index contributed by atoms with van der Waals surface area (Å²) in [6.07, 6.45) is 1.75. The number of hydrogen-bond acceptors (Lipinski definition) is 4. The Balaban J connectivity index is 3.64. The number of hydrogen-bond donors (Lipinski definition) is 1. The van der Waals surface area contributed by atoms with Crippen LogP contribution in [0, 0.1) is 0 Å². The van der Waals surface area contributed by atoms with E-state index in [1.54, 1.807) is 11.9 Å². The molecule has 0 saturated carbocycles. The van der Waals surface area contributed by atoms with Crippen molar-refractivity contribution in [3.05, 3.63) is 0 Å². The van der Waals surface area contributed by atoms with Crippen LogP contribution in [0.1, 0.15) is 20.3 Å². The molecule has 0 aliphatic rings. The van der Waals surface area contributed by atoms with Gasteiger partial charge in [0.15, 0.2) is 0 Å². The lowest BCUT2D eigenvalue weighted by molar-refractivity contribution is -0.130. The first kappa shape index (κ1) is 15.4. The van der Waals surface area contributed by atoms with Crippen molar-refractivity contribution in [2.24, 2.45) is 0 Å². The molecule has 6 heteroatoms. The second-order valence-corrected chi connectivity index (χ2v) is 6.52. The van der Waals surface area contributed by atoms with Gasteiger partial charge in [-0.25, -0.2) is 8.42 Å². The lowest BCUT2D eigenvalue weighted by Crippen LogP contribution is -2.39. The van der Waals surface area contributed by atoms with Gasteiger partial charge in [0.2, 0.25) is 5.91 Å². The van der Waals surface area contributed by atoms with Crippen molar-refractivity contribution in [3.63, 3.8) is 0 Å². The predicted octanol–water partition coefficient (Wildman–Crippen LogP) is -0.122. The Bertz CT molecular complexity index is 312. The third kappa shape index (κ3) is 7.64. The fourth-order valence-corrected chi connectivity index (χ4v) is 1.74. The van der Waals surface area contributed by atoms with Crippen molar-refractivity contribution in [1.82, 2.24) is 10.2 Å². The molecule has 1 N–H and O–H groups in total. The largest absolute Gasteiger partial charge is 0.342 e. The molecule has 0 heterocycles. The van der Waals surface area contributed by atoms with Gasteiger partial charge in [0.05, 0.1) is 12.3 Å². The lowest BCUT2D eigenvalue weighted by atomic mass is 10.3. The predicted molar refractivity (Wildman–Crippen MR) is 65.1 cm³/mol. The van der Waals surface area contributed by atoms with Crippen LogP contribution in [0.15, 0.2) is 0 Å². The Morgan fingerprint density at radius 2 is 1.94 bits per heavy atom. The van der Waals surface area contributed by atoms with Gasteiger partial charge in [0.25, 0.3) is 0 Å². The Kier molecular flexibility index (Phi) is 6.59. The molecule has 0 rings (SSSR count). The molecular formula is C10H22N2O3S. The van der Waals surface area contributed by atoms with Gasteiger partial charge in [-0.2, -0.15) is 0 Å². The molecule has 16 heavy (non-hydrogen) atoms. The Hall–Kier alpha value is -0.620. The molecule has 0 spiro atoms. The maximum Gasteiger partial charge on any atom is 0.236 e. The van der Waals surface area contributed by atoms with Crippen LogP contribution in [-0.4, -0.2) is 57.4 Å². The molecule has 0 aromatic rings. The van der Waals surface area contributed by atoms with Crippen LogP contribution in [-0.2, 0) is 14.6 Å². The number of likely N-dealkylation sites (N-methyl/N-ethyl adjacent to an activating group) is 1. The Morgan fingerprint density at radius 1 is 1.38 bits per heavy atom. The van der Waals surface area contributed by atoms with Crippen LogP contribution in [0.25, 0.3) is 0 Å². The summed E-state index contributed by atoms with van der Waals surface area (Å²) in [5, 5.41) is 2.94.